The number of nitrogens with zero attached hydrogens (tertiary/aromatic N) is 3. The number of aromatic carboxylic acids is 1. The highest BCUT2D eigenvalue weighted by atomic mass is 16.5. The number of carboxylic acid groups (broad SMARTS) is 1. The molecule has 0 fully saturated rings. The Hall–Kier alpha value is -3.09. The van der Waals surface area contributed by atoms with Crippen LogP contribution in [-0.2, 0) is 7.05 Å². The largest absolute Gasteiger partial charge is 0.476 e. The Bertz CT molecular complexity index is 917. The lowest BCUT2D eigenvalue weighted by atomic mass is 10.1. The molecule has 0 aliphatic rings. The molecule has 0 atom stereocenters. The minimum Gasteiger partial charge on any atom is -0.476 e. The van der Waals surface area contributed by atoms with E-state index in [-0.39, 0.29) is 11.4 Å². The van der Waals surface area contributed by atoms with Crippen LogP contribution in [0.25, 0.3) is 17.0 Å². The molecule has 0 unspecified atom stereocenters. The van der Waals surface area contributed by atoms with E-state index in [0.29, 0.717) is 17.0 Å². The summed E-state index contributed by atoms with van der Waals surface area (Å²) in [5.41, 5.74) is 1.81. The number of aromatic nitrogens is 3. The zero-order chi connectivity index (χ0) is 15.9. The van der Waals surface area contributed by atoms with Crippen molar-refractivity contribution in [2.24, 2.45) is 7.05 Å². The van der Waals surface area contributed by atoms with E-state index < -0.39 is 5.97 Å². The van der Waals surface area contributed by atoms with Crippen molar-refractivity contribution in [2.45, 2.75) is 6.92 Å². The average molecular weight is 299 g/mol. The Morgan fingerprint density at radius 3 is 2.68 bits per heavy atom. The molecule has 0 aliphatic heterocycles. The van der Waals surface area contributed by atoms with Crippen molar-refractivity contribution in [3.05, 3.63) is 58.4 Å². The predicted molar refractivity (Wildman–Crippen MR) is 78.2 cm³/mol. The number of hydrogen-bond donors (Lipinski definition) is 1. The number of rotatable bonds is 3. The predicted octanol–water partition coefficient (Wildman–Crippen LogP) is 1.84. The first kappa shape index (κ1) is 13.9. The fourth-order valence-corrected chi connectivity index (χ4v) is 2.33. The van der Waals surface area contributed by atoms with Gasteiger partial charge in [-0.05, 0) is 19.1 Å². The van der Waals surface area contributed by atoms with Crippen LogP contribution in [0.2, 0.25) is 0 Å². The molecule has 0 amide bonds. The fourth-order valence-electron chi connectivity index (χ4n) is 2.33. The Balaban J connectivity index is 2.09. The zero-order valence-corrected chi connectivity index (χ0v) is 12.0. The summed E-state index contributed by atoms with van der Waals surface area (Å²) in [4.78, 5) is 23.0. The van der Waals surface area contributed by atoms with Gasteiger partial charge in [0.2, 0.25) is 0 Å². The van der Waals surface area contributed by atoms with Gasteiger partial charge in [-0.25, -0.2) is 9.59 Å². The molecular formula is C15H13N3O4. The Labute approximate surface area is 125 Å². The van der Waals surface area contributed by atoms with Crippen molar-refractivity contribution in [1.82, 2.24) is 14.3 Å². The second kappa shape index (κ2) is 5.03. The smallest absolute Gasteiger partial charge is 0.358 e. The Kier molecular flexibility index (Phi) is 3.17. The molecule has 0 aliphatic carbocycles. The van der Waals surface area contributed by atoms with Crippen LogP contribution in [0.3, 0.4) is 0 Å². The zero-order valence-electron chi connectivity index (χ0n) is 12.0. The van der Waals surface area contributed by atoms with E-state index in [2.05, 4.69) is 5.16 Å². The second-order valence-electron chi connectivity index (χ2n) is 4.93. The molecule has 0 spiro atoms. The summed E-state index contributed by atoms with van der Waals surface area (Å²) in [5.74, 6) is -0.817. The lowest BCUT2D eigenvalue weighted by Crippen LogP contribution is -2.21. The van der Waals surface area contributed by atoms with Gasteiger partial charge in [-0.1, -0.05) is 17.3 Å². The van der Waals surface area contributed by atoms with Crippen molar-refractivity contribution in [1.29, 1.82) is 0 Å². The molecule has 0 saturated carbocycles. The maximum Gasteiger partial charge on any atom is 0.358 e. The second-order valence-corrected chi connectivity index (χ2v) is 4.93. The number of imidazole rings is 1. The van der Waals surface area contributed by atoms with Gasteiger partial charge in [0, 0.05) is 30.6 Å². The highest BCUT2D eigenvalue weighted by Gasteiger charge is 2.14. The maximum absolute atomic E-state index is 12.1. The molecule has 22 heavy (non-hydrogen) atoms. The molecule has 0 bridgehead atoms. The van der Waals surface area contributed by atoms with Crippen LogP contribution in [0.1, 0.15) is 16.2 Å². The first-order valence-electron chi connectivity index (χ1n) is 6.53. The summed E-state index contributed by atoms with van der Waals surface area (Å²) >= 11 is 0. The fraction of sp³-hybridized carbons (Fsp3) is 0.133. The summed E-state index contributed by atoms with van der Waals surface area (Å²) in [6.45, 7) is 1.84. The molecule has 2 heterocycles. The first-order valence-corrected chi connectivity index (χ1v) is 6.53. The van der Waals surface area contributed by atoms with Gasteiger partial charge < -0.3 is 14.2 Å². The van der Waals surface area contributed by atoms with Crippen molar-refractivity contribution in [2.75, 3.05) is 0 Å². The van der Waals surface area contributed by atoms with E-state index >= 15 is 0 Å². The van der Waals surface area contributed by atoms with Crippen LogP contribution in [0.4, 0.5) is 0 Å². The molecule has 0 radical (unpaired) electrons. The topological polar surface area (TPSA) is 90.3 Å². The lowest BCUT2D eigenvalue weighted by molar-refractivity contribution is 0.0686. The molecule has 7 heteroatoms. The third-order valence-corrected chi connectivity index (χ3v) is 3.34. The number of hydrogen-bond acceptors (Lipinski definition) is 4. The minimum atomic E-state index is -1.15. The SMILES string of the molecule is Cc1cn(C)c(=O)n1-c1cccc(-c2cc(C(=O)O)no2)c1. The molecule has 0 saturated heterocycles. The van der Waals surface area contributed by atoms with Crippen LogP contribution < -0.4 is 5.69 Å². The highest BCUT2D eigenvalue weighted by molar-refractivity contribution is 5.86. The summed E-state index contributed by atoms with van der Waals surface area (Å²) < 4.78 is 8.11. The molecular weight excluding hydrogens is 286 g/mol. The normalized spacial score (nSPS) is 10.8. The lowest BCUT2D eigenvalue weighted by Gasteiger charge is -2.05. The summed E-state index contributed by atoms with van der Waals surface area (Å²) in [7, 11) is 1.69. The maximum atomic E-state index is 12.1. The van der Waals surface area contributed by atoms with Gasteiger partial charge in [0.25, 0.3) is 0 Å². The van der Waals surface area contributed by atoms with Gasteiger partial charge in [-0.3, -0.25) is 4.57 Å². The van der Waals surface area contributed by atoms with Gasteiger partial charge in [-0.2, -0.15) is 0 Å². The number of aryl methyl sites for hydroxylation is 2. The monoisotopic (exact) mass is 299 g/mol. The standard InChI is InChI=1S/C15H13N3O4/c1-9-8-17(2)15(21)18(9)11-5-3-4-10(6-11)13-7-12(14(19)20)16-22-13/h3-8H,1-2H3,(H,19,20). The van der Waals surface area contributed by atoms with Crippen molar-refractivity contribution in [3.63, 3.8) is 0 Å². The molecule has 3 rings (SSSR count). The summed E-state index contributed by atoms with van der Waals surface area (Å²) in [5, 5.41) is 12.4. The third-order valence-electron chi connectivity index (χ3n) is 3.34. The number of benzene rings is 1. The van der Waals surface area contributed by atoms with Gasteiger partial charge in [0.15, 0.2) is 11.5 Å². The molecule has 1 N–H and O–H groups in total. The van der Waals surface area contributed by atoms with Crippen LogP contribution in [0.15, 0.2) is 45.8 Å². The Morgan fingerprint density at radius 2 is 2.09 bits per heavy atom. The molecule has 112 valence electrons. The average Bonchev–Trinajstić information content (AvgIpc) is 3.06. The van der Waals surface area contributed by atoms with Crippen LogP contribution in [0, 0.1) is 6.92 Å². The third kappa shape index (κ3) is 2.22. The van der Waals surface area contributed by atoms with Crippen LogP contribution in [-0.4, -0.2) is 25.4 Å². The van der Waals surface area contributed by atoms with E-state index in [1.54, 1.807) is 42.1 Å². The van der Waals surface area contributed by atoms with Crippen molar-refractivity contribution in [3.8, 4) is 17.0 Å². The summed E-state index contributed by atoms with van der Waals surface area (Å²) in [6, 6.07) is 8.43. The molecule has 2 aromatic heterocycles. The van der Waals surface area contributed by atoms with E-state index in [1.807, 2.05) is 6.92 Å². The van der Waals surface area contributed by atoms with Crippen molar-refractivity contribution < 1.29 is 14.4 Å². The van der Waals surface area contributed by atoms with E-state index in [0.717, 1.165) is 5.69 Å². The van der Waals surface area contributed by atoms with Gasteiger partial charge in [0.1, 0.15) is 0 Å². The molecule has 1 aromatic carbocycles. The molecule has 3 aromatic rings. The van der Waals surface area contributed by atoms with Gasteiger partial charge in [-0.15, -0.1) is 0 Å². The van der Waals surface area contributed by atoms with E-state index in [1.165, 1.54) is 10.6 Å². The van der Waals surface area contributed by atoms with E-state index in [9.17, 15) is 9.59 Å². The highest BCUT2D eigenvalue weighted by Crippen LogP contribution is 2.23. The quantitative estimate of drug-likeness (QED) is 0.797. The first-order chi connectivity index (χ1) is 10.5. The minimum absolute atomic E-state index is 0.154. The van der Waals surface area contributed by atoms with Gasteiger partial charge >= 0.3 is 11.7 Å². The Morgan fingerprint density at radius 1 is 1.32 bits per heavy atom. The molecule has 7 nitrogen and oxygen atoms in total. The number of carboxylic acids is 1. The number of carbonyl (C=O) groups is 1. The van der Waals surface area contributed by atoms with Gasteiger partial charge in [0.05, 0.1) is 5.69 Å². The van der Waals surface area contributed by atoms with Crippen LogP contribution >= 0.6 is 0 Å². The van der Waals surface area contributed by atoms with Crippen molar-refractivity contribution >= 4 is 5.97 Å². The van der Waals surface area contributed by atoms with Crippen LogP contribution in [0.5, 0.6) is 0 Å². The summed E-state index contributed by atoms with van der Waals surface area (Å²) in [6.07, 6.45) is 1.74. The van der Waals surface area contributed by atoms with E-state index in [4.69, 9.17) is 9.63 Å².